The van der Waals surface area contributed by atoms with E-state index in [1.165, 1.54) is 6.07 Å². The van der Waals surface area contributed by atoms with E-state index in [0.29, 0.717) is 0 Å². The highest BCUT2D eigenvalue weighted by Crippen LogP contribution is 2.23. The van der Waals surface area contributed by atoms with Gasteiger partial charge in [0.25, 0.3) is 0 Å². The van der Waals surface area contributed by atoms with E-state index >= 15 is 0 Å². The van der Waals surface area contributed by atoms with Crippen LogP contribution in [0.2, 0.25) is 0 Å². The number of benzene rings is 2. The number of halogens is 1. The van der Waals surface area contributed by atoms with Crippen LogP contribution in [0.15, 0.2) is 42.5 Å². The highest BCUT2D eigenvalue weighted by molar-refractivity contribution is 5.94. The van der Waals surface area contributed by atoms with Gasteiger partial charge in [0.15, 0.2) is 0 Å². The number of nitrogens with one attached hydrogen (secondary N) is 2. The molecule has 2 aromatic rings. The van der Waals surface area contributed by atoms with E-state index in [-0.39, 0.29) is 17.6 Å². The van der Waals surface area contributed by atoms with Crippen molar-refractivity contribution in [3.63, 3.8) is 0 Å². The molecule has 2 rings (SSSR count). The Hall–Kier alpha value is -3.00. The van der Waals surface area contributed by atoms with Gasteiger partial charge >= 0.3 is 5.69 Å². The fourth-order valence-electron chi connectivity index (χ4n) is 2.64. The molecule has 0 aliphatic rings. The van der Waals surface area contributed by atoms with E-state index in [2.05, 4.69) is 10.6 Å². The molecule has 8 heteroatoms. The zero-order chi connectivity index (χ0) is 20.0. The Morgan fingerprint density at radius 1 is 1.26 bits per heavy atom. The quantitative estimate of drug-likeness (QED) is 0.540. The number of carbonyl (C=O) groups excluding carboxylic acids is 1. The molecule has 0 spiro atoms. The van der Waals surface area contributed by atoms with Gasteiger partial charge in [-0.05, 0) is 43.2 Å². The highest BCUT2D eigenvalue weighted by atomic mass is 19.1. The number of hydrogen-bond acceptors (Lipinski definition) is 5. The molecule has 2 aromatic carbocycles. The van der Waals surface area contributed by atoms with Crippen molar-refractivity contribution < 1.29 is 18.8 Å². The average molecular weight is 375 g/mol. The van der Waals surface area contributed by atoms with Crippen LogP contribution in [-0.4, -0.2) is 24.0 Å². The lowest BCUT2D eigenvalue weighted by molar-refractivity contribution is -0.387. The van der Waals surface area contributed by atoms with Crippen LogP contribution in [0, 0.1) is 15.9 Å². The third-order valence-electron chi connectivity index (χ3n) is 4.18. The molecule has 1 amide bonds. The monoisotopic (exact) mass is 375 g/mol. The molecule has 0 aliphatic carbocycles. The molecule has 2 N–H and O–H groups in total. The van der Waals surface area contributed by atoms with Gasteiger partial charge in [0.2, 0.25) is 11.7 Å². The van der Waals surface area contributed by atoms with Crippen molar-refractivity contribution in [3.8, 4) is 5.75 Å². The number of nitrogens with zero attached hydrogens (tertiary/aromatic N) is 1. The minimum absolute atomic E-state index is 0.0563. The topological polar surface area (TPSA) is 93.5 Å². The minimum atomic E-state index is -0.949. The van der Waals surface area contributed by atoms with Crippen LogP contribution in [0.1, 0.15) is 31.9 Å². The number of carbonyl (C=O) groups is 1. The van der Waals surface area contributed by atoms with E-state index in [0.717, 1.165) is 29.9 Å². The van der Waals surface area contributed by atoms with E-state index in [4.69, 9.17) is 4.74 Å². The van der Waals surface area contributed by atoms with Crippen LogP contribution in [0.25, 0.3) is 0 Å². The van der Waals surface area contributed by atoms with Gasteiger partial charge in [-0.15, -0.1) is 0 Å². The van der Waals surface area contributed by atoms with Crippen LogP contribution in [0.4, 0.5) is 15.8 Å². The predicted octanol–water partition coefficient (Wildman–Crippen LogP) is 3.81. The number of hydrogen-bond donors (Lipinski definition) is 2. The Bertz CT molecular complexity index is 811. The molecule has 7 nitrogen and oxygen atoms in total. The molecular weight excluding hydrogens is 353 g/mol. The van der Waals surface area contributed by atoms with Crippen molar-refractivity contribution in [2.45, 2.75) is 32.4 Å². The maximum Gasteiger partial charge on any atom is 0.306 e. The Morgan fingerprint density at radius 2 is 1.93 bits per heavy atom. The molecule has 0 bridgehead atoms. The van der Waals surface area contributed by atoms with Gasteiger partial charge in [-0.25, -0.2) is 0 Å². The second kappa shape index (κ2) is 9.09. The smallest absolute Gasteiger partial charge is 0.306 e. The Kier molecular flexibility index (Phi) is 6.84. The molecule has 27 heavy (non-hydrogen) atoms. The molecule has 0 heterocycles. The number of anilines is 1. The van der Waals surface area contributed by atoms with E-state index < -0.39 is 22.5 Å². The Morgan fingerprint density at radius 3 is 2.48 bits per heavy atom. The third-order valence-corrected chi connectivity index (χ3v) is 4.18. The van der Waals surface area contributed by atoms with Gasteiger partial charge in [0.05, 0.1) is 18.1 Å². The van der Waals surface area contributed by atoms with Crippen LogP contribution >= 0.6 is 0 Å². The van der Waals surface area contributed by atoms with Gasteiger partial charge in [0.1, 0.15) is 5.75 Å². The molecule has 0 radical (unpaired) electrons. The first-order chi connectivity index (χ1) is 12.8. The summed E-state index contributed by atoms with van der Waals surface area (Å²) in [5.74, 6) is -0.574. The largest absolute Gasteiger partial charge is 0.497 e. The summed E-state index contributed by atoms with van der Waals surface area (Å²) in [6.07, 6.45) is 0.756. The zero-order valence-corrected chi connectivity index (χ0v) is 15.4. The van der Waals surface area contributed by atoms with Gasteiger partial charge in [-0.1, -0.05) is 19.1 Å². The minimum Gasteiger partial charge on any atom is -0.497 e. The summed E-state index contributed by atoms with van der Waals surface area (Å²) in [6, 6.07) is 10.2. The maximum atomic E-state index is 13.4. The first kappa shape index (κ1) is 20.3. The number of rotatable bonds is 8. The van der Waals surface area contributed by atoms with Crippen LogP contribution < -0.4 is 15.4 Å². The lowest BCUT2D eigenvalue weighted by Crippen LogP contribution is -2.40. The summed E-state index contributed by atoms with van der Waals surface area (Å²) >= 11 is 0. The summed E-state index contributed by atoms with van der Waals surface area (Å²) in [5, 5.41) is 16.6. The normalized spacial score (nSPS) is 12.9. The van der Waals surface area contributed by atoms with Crippen molar-refractivity contribution in [3.05, 3.63) is 64.0 Å². The molecule has 0 unspecified atom stereocenters. The van der Waals surface area contributed by atoms with Crippen molar-refractivity contribution in [1.29, 1.82) is 0 Å². The average Bonchev–Trinajstić information content (AvgIpc) is 2.67. The van der Waals surface area contributed by atoms with Gasteiger partial charge in [-0.2, -0.15) is 4.39 Å². The SMILES string of the molecule is CC[C@H](N[C@H](C)C(=O)Nc1ccc(F)c([N+](=O)[O-])c1)c1ccc(OC)cc1. The molecule has 0 fully saturated rings. The predicted molar refractivity (Wildman–Crippen MR) is 100 cm³/mol. The number of nitro benzene ring substituents is 1. The van der Waals surface area contributed by atoms with E-state index in [1.54, 1.807) is 14.0 Å². The Labute approximate surface area is 156 Å². The third kappa shape index (κ3) is 5.24. The molecule has 0 aromatic heterocycles. The van der Waals surface area contributed by atoms with Crippen molar-refractivity contribution in [1.82, 2.24) is 5.32 Å². The second-order valence-corrected chi connectivity index (χ2v) is 6.03. The highest BCUT2D eigenvalue weighted by Gasteiger charge is 2.20. The first-order valence-electron chi connectivity index (χ1n) is 8.50. The molecule has 0 saturated heterocycles. The van der Waals surface area contributed by atoms with Crippen LogP contribution in [-0.2, 0) is 4.79 Å². The van der Waals surface area contributed by atoms with Crippen molar-refractivity contribution in [2.75, 3.05) is 12.4 Å². The lowest BCUT2D eigenvalue weighted by atomic mass is 10.0. The van der Waals surface area contributed by atoms with Crippen LogP contribution in [0.5, 0.6) is 5.75 Å². The second-order valence-electron chi connectivity index (χ2n) is 6.03. The summed E-state index contributed by atoms with van der Waals surface area (Å²) in [6.45, 7) is 3.69. The number of ether oxygens (including phenoxy) is 1. The van der Waals surface area contributed by atoms with Gasteiger partial charge in [-0.3, -0.25) is 20.2 Å². The molecule has 0 aliphatic heterocycles. The molecule has 144 valence electrons. The zero-order valence-electron chi connectivity index (χ0n) is 15.4. The fraction of sp³-hybridized carbons (Fsp3) is 0.316. The first-order valence-corrected chi connectivity index (χ1v) is 8.50. The number of amides is 1. The number of methoxy groups -OCH3 is 1. The molecule has 0 saturated carbocycles. The summed E-state index contributed by atoms with van der Waals surface area (Å²) in [5.41, 5.74) is 0.493. The maximum absolute atomic E-state index is 13.4. The van der Waals surface area contributed by atoms with Gasteiger partial charge in [0, 0.05) is 17.8 Å². The van der Waals surface area contributed by atoms with Crippen molar-refractivity contribution >= 4 is 17.3 Å². The molecular formula is C19H22FN3O4. The Balaban J connectivity index is 2.05. The van der Waals surface area contributed by atoms with E-state index in [1.807, 2.05) is 31.2 Å². The fourth-order valence-corrected chi connectivity index (χ4v) is 2.64. The number of nitro groups is 1. The van der Waals surface area contributed by atoms with Gasteiger partial charge < -0.3 is 10.1 Å². The lowest BCUT2D eigenvalue weighted by Gasteiger charge is -2.22. The van der Waals surface area contributed by atoms with Crippen molar-refractivity contribution in [2.24, 2.45) is 0 Å². The molecule has 2 atom stereocenters. The summed E-state index contributed by atoms with van der Waals surface area (Å²) in [7, 11) is 1.59. The standard InChI is InChI=1S/C19H22FN3O4/c1-4-17(13-5-8-15(27-3)9-6-13)21-12(2)19(24)22-14-7-10-16(20)18(11-14)23(25)26/h5-12,17,21H,4H2,1-3H3,(H,22,24)/t12-,17+/m1/s1. The summed E-state index contributed by atoms with van der Waals surface area (Å²) in [4.78, 5) is 22.4. The van der Waals surface area contributed by atoms with E-state index in [9.17, 15) is 19.3 Å². The summed E-state index contributed by atoms with van der Waals surface area (Å²) < 4.78 is 18.5. The van der Waals surface area contributed by atoms with Crippen LogP contribution in [0.3, 0.4) is 0 Å².